The lowest BCUT2D eigenvalue weighted by Crippen LogP contribution is -2.28. The molecule has 0 heterocycles. The predicted octanol–water partition coefficient (Wildman–Crippen LogP) is 1.51. The molecular weight excluding hydrogens is 196 g/mol. The van der Waals surface area contributed by atoms with Crippen molar-refractivity contribution < 1.29 is 19.1 Å². The number of carbonyl (C=O) groups is 3. The van der Waals surface area contributed by atoms with E-state index in [2.05, 4.69) is 0 Å². The molecule has 0 aromatic heterocycles. The maximum atomic E-state index is 11.3. The molecule has 1 atom stereocenters. The summed E-state index contributed by atoms with van der Waals surface area (Å²) in [6, 6.07) is 0. The van der Waals surface area contributed by atoms with Crippen molar-refractivity contribution in [3.63, 3.8) is 0 Å². The van der Waals surface area contributed by atoms with Crippen molar-refractivity contribution in [1.82, 2.24) is 0 Å². The highest BCUT2D eigenvalue weighted by Gasteiger charge is 2.29. The zero-order chi connectivity index (χ0) is 11.9. The van der Waals surface area contributed by atoms with E-state index in [0.717, 1.165) is 6.29 Å². The highest BCUT2D eigenvalue weighted by Crippen LogP contribution is 2.26. The summed E-state index contributed by atoms with van der Waals surface area (Å²) in [6.07, 6.45) is 1.62. The molecule has 0 aliphatic heterocycles. The van der Waals surface area contributed by atoms with E-state index < -0.39 is 5.41 Å². The van der Waals surface area contributed by atoms with Gasteiger partial charge in [-0.2, -0.15) is 0 Å². The molecule has 0 rings (SSSR count). The first kappa shape index (κ1) is 13.8. The van der Waals surface area contributed by atoms with E-state index in [4.69, 9.17) is 4.74 Å². The van der Waals surface area contributed by atoms with Crippen molar-refractivity contribution >= 4 is 18.0 Å². The molecule has 0 aromatic carbocycles. The Balaban J connectivity index is 4.13. The van der Waals surface area contributed by atoms with Crippen LogP contribution in [0, 0.1) is 5.41 Å². The minimum Gasteiger partial charge on any atom is -0.466 e. The van der Waals surface area contributed by atoms with Crippen LogP contribution >= 0.6 is 0 Å². The molecule has 0 aromatic rings. The molecule has 0 fully saturated rings. The molecule has 0 N–H and O–H groups in total. The second-order valence-electron chi connectivity index (χ2n) is 3.81. The van der Waals surface area contributed by atoms with Gasteiger partial charge in [0.1, 0.15) is 12.1 Å². The molecule has 15 heavy (non-hydrogen) atoms. The molecule has 4 heteroatoms. The lowest BCUT2D eigenvalue weighted by Gasteiger charge is -2.23. The van der Waals surface area contributed by atoms with E-state index in [1.54, 1.807) is 13.8 Å². The fourth-order valence-electron chi connectivity index (χ4n) is 1.10. The minimum absolute atomic E-state index is 0.0536. The summed E-state index contributed by atoms with van der Waals surface area (Å²) in [6.45, 7) is 5.06. The Bertz CT molecular complexity index is 247. The first-order chi connectivity index (χ1) is 6.96. The van der Waals surface area contributed by atoms with Gasteiger partial charge in [-0.15, -0.1) is 0 Å². The number of aldehydes is 1. The van der Waals surface area contributed by atoms with Gasteiger partial charge in [0.05, 0.1) is 6.61 Å². The quantitative estimate of drug-likeness (QED) is 0.476. The van der Waals surface area contributed by atoms with Crippen LogP contribution in [0.4, 0.5) is 0 Å². The third-order valence-corrected chi connectivity index (χ3v) is 2.59. The minimum atomic E-state index is -0.699. The van der Waals surface area contributed by atoms with Gasteiger partial charge >= 0.3 is 5.97 Å². The van der Waals surface area contributed by atoms with E-state index in [0.29, 0.717) is 12.8 Å². The van der Waals surface area contributed by atoms with Gasteiger partial charge in [0.25, 0.3) is 0 Å². The highest BCUT2D eigenvalue weighted by atomic mass is 16.5. The van der Waals surface area contributed by atoms with Gasteiger partial charge in [-0.25, -0.2) is 0 Å². The zero-order valence-electron chi connectivity index (χ0n) is 9.54. The summed E-state index contributed by atoms with van der Waals surface area (Å²) in [4.78, 5) is 32.6. The number of hydrogen-bond donors (Lipinski definition) is 0. The van der Waals surface area contributed by atoms with Gasteiger partial charge in [-0.1, -0.05) is 13.8 Å². The average Bonchev–Trinajstić information content (AvgIpc) is 2.17. The maximum absolute atomic E-state index is 11.3. The normalized spacial score (nSPS) is 14.1. The lowest BCUT2D eigenvalue weighted by molar-refractivity contribution is -0.145. The third-order valence-electron chi connectivity index (χ3n) is 2.59. The zero-order valence-corrected chi connectivity index (χ0v) is 9.54. The van der Waals surface area contributed by atoms with Gasteiger partial charge in [-0.3, -0.25) is 9.59 Å². The Hall–Kier alpha value is -1.19. The Morgan fingerprint density at radius 1 is 1.40 bits per heavy atom. The van der Waals surface area contributed by atoms with Crippen molar-refractivity contribution in [3.05, 3.63) is 0 Å². The summed E-state index contributed by atoms with van der Waals surface area (Å²) < 4.78 is 4.88. The summed E-state index contributed by atoms with van der Waals surface area (Å²) in [5, 5.41) is 0. The topological polar surface area (TPSA) is 60.4 Å². The van der Waals surface area contributed by atoms with Crippen LogP contribution in [-0.2, 0) is 19.1 Å². The Kier molecular flexibility index (Phi) is 5.82. The third kappa shape index (κ3) is 4.72. The number of carbonyl (C=O) groups excluding carboxylic acids is 3. The first-order valence-electron chi connectivity index (χ1n) is 5.06. The number of ether oxygens (including phenoxy) is 1. The second kappa shape index (κ2) is 6.32. The van der Waals surface area contributed by atoms with Crippen LogP contribution in [0.2, 0.25) is 0 Å². The molecule has 4 nitrogen and oxygen atoms in total. The van der Waals surface area contributed by atoms with Crippen LogP contribution in [0.1, 0.15) is 40.0 Å². The van der Waals surface area contributed by atoms with Crippen LogP contribution in [0.5, 0.6) is 0 Å². The van der Waals surface area contributed by atoms with Gasteiger partial charge in [0, 0.05) is 18.3 Å². The molecule has 0 aliphatic carbocycles. The van der Waals surface area contributed by atoms with Gasteiger partial charge in [0.15, 0.2) is 0 Å². The largest absolute Gasteiger partial charge is 0.466 e. The molecular formula is C11H18O4. The van der Waals surface area contributed by atoms with Crippen LogP contribution in [0.15, 0.2) is 0 Å². The smallest absolute Gasteiger partial charge is 0.305 e. The van der Waals surface area contributed by atoms with Crippen LogP contribution < -0.4 is 0 Å². The van der Waals surface area contributed by atoms with Crippen molar-refractivity contribution in [1.29, 1.82) is 0 Å². The highest BCUT2D eigenvalue weighted by molar-refractivity contribution is 5.84. The summed E-state index contributed by atoms with van der Waals surface area (Å²) >= 11 is 0. The molecule has 0 saturated carbocycles. The fraction of sp³-hybridized carbons (Fsp3) is 0.727. The monoisotopic (exact) mass is 214 g/mol. The van der Waals surface area contributed by atoms with E-state index in [-0.39, 0.29) is 24.8 Å². The molecule has 0 bridgehead atoms. The van der Waals surface area contributed by atoms with E-state index in [9.17, 15) is 14.4 Å². The number of Topliss-reactive ketones (excluding diaryl/α,β-unsaturated/α-hetero) is 1. The molecule has 1 unspecified atom stereocenters. The molecule has 0 radical (unpaired) electrons. The molecule has 0 spiro atoms. The SMILES string of the molecule is CCC(=O)OCCC(C)(CC=O)C(C)=O. The Labute approximate surface area is 90.0 Å². The van der Waals surface area contributed by atoms with Gasteiger partial charge in [0.2, 0.25) is 0 Å². The standard InChI is InChI=1S/C11H18O4/c1-4-10(14)15-8-6-11(3,5-7-12)9(2)13/h7H,4-6,8H2,1-3H3. The molecule has 0 saturated heterocycles. The van der Waals surface area contributed by atoms with Crippen molar-refractivity contribution in [2.24, 2.45) is 5.41 Å². The summed E-state index contributed by atoms with van der Waals surface area (Å²) in [5.74, 6) is -0.339. The number of esters is 1. The van der Waals surface area contributed by atoms with Crippen molar-refractivity contribution in [2.45, 2.75) is 40.0 Å². The van der Waals surface area contributed by atoms with E-state index >= 15 is 0 Å². The van der Waals surface area contributed by atoms with E-state index in [1.807, 2.05) is 0 Å². The number of rotatable bonds is 7. The summed E-state index contributed by atoms with van der Waals surface area (Å²) in [7, 11) is 0. The molecule has 86 valence electrons. The Morgan fingerprint density at radius 3 is 2.40 bits per heavy atom. The second-order valence-corrected chi connectivity index (χ2v) is 3.81. The maximum Gasteiger partial charge on any atom is 0.305 e. The first-order valence-corrected chi connectivity index (χ1v) is 5.06. The van der Waals surface area contributed by atoms with Crippen LogP contribution in [-0.4, -0.2) is 24.6 Å². The molecule has 0 aliphatic rings. The predicted molar refractivity (Wildman–Crippen MR) is 55.3 cm³/mol. The van der Waals surface area contributed by atoms with Crippen molar-refractivity contribution in [3.8, 4) is 0 Å². The molecule has 0 amide bonds. The Morgan fingerprint density at radius 2 is 2.00 bits per heavy atom. The van der Waals surface area contributed by atoms with Gasteiger partial charge in [-0.05, 0) is 13.3 Å². The summed E-state index contributed by atoms with van der Waals surface area (Å²) in [5.41, 5.74) is -0.699. The number of ketones is 1. The fourth-order valence-corrected chi connectivity index (χ4v) is 1.10. The van der Waals surface area contributed by atoms with Crippen LogP contribution in [0.25, 0.3) is 0 Å². The lowest BCUT2D eigenvalue weighted by atomic mass is 9.80. The van der Waals surface area contributed by atoms with Gasteiger partial charge < -0.3 is 9.53 Å². The average molecular weight is 214 g/mol. The van der Waals surface area contributed by atoms with Crippen molar-refractivity contribution in [2.75, 3.05) is 6.61 Å². The number of hydrogen-bond acceptors (Lipinski definition) is 4. The van der Waals surface area contributed by atoms with Crippen LogP contribution in [0.3, 0.4) is 0 Å². The van der Waals surface area contributed by atoms with E-state index in [1.165, 1.54) is 6.92 Å².